The van der Waals surface area contributed by atoms with Crippen LogP contribution in [-0.4, -0.2) is 9.78 Å². The predicted molar refractivity (Wildman–Crippen MR) is 76.1 cm³/mol. The minimum Gasteiger partial charge on any atom is -0.379 e. The Hall–Kier alpha value is -1.55. The summed E-state index contributed by atoms with van der Waals surface area (Å²) in [5.74, 6) is -0.197. The molecule has 0 saturated carbocycles. The molecule has 0 spiro atoms. The molecule has 0 radical (unpaired) electrons. The Bertz CT molecular complexity index is 593. The van der Waals surface area contributed by atoms with Crippen LogP contribution >= 0.6 is 11.6 Å². The van der Waals surface area contributed by atoms with E-state index in [0.717, 1.165) is 23.5 Å². The van der Waals surface area contributed by atoms with Crippen molar-refractivity contribution >= 4 is 17.3 Å². The maximum Gasteiger partial charge on any atom is 0.126 e. The molecule has 1 aromatic heterocycles. The molecule has 1 aromatic carbocycles. The van der Waals surface area contributed by atoms with Crippen LogP contribution in [0.15, 0.2) is 18.2 Å². The van der Waals surface area contributed by atoms with E-state index in [1.807, 2.05) is 14.0 Å². The van der Waals surface area contributed by atoms with E-state index in [1.54, 1.807) is 23.7 Å². The van der Waals surface area contributed by atoms with Crippen LogP contribution in [0.1, 0.15) is 23.9 Å². The van der Waals surface area contributed by atoms with E-state index in [9.17, 15) is 4.39 Å². The van der Waals surface area contributed by atoms with Gasteiger partial charge in [-0.3, -0.25) is 4.68 Å². The Morgan fingerprint density at radius 1 is 1.42 bits per heavy atom. The first-order valence-corrected chi connectivity index (χ1v) is 6.61. The number of aromatic nitrogens is 2. The van der Waals surface area contributed by atoms with E-state index in [1.165, 1.54) is 6.07 Å². The standard InChI is InChI=1S/C14H17ClFN3/c1-4-12-14(15)13(19(3)18-12)8-17-10-5-6-11(16)9(2)7-10/h5-7,17H,4,8H2,1-3H3. The minimum atomic E-state index is -0.197. The summed E-state index contributed by atoms with van der Waals surface area (Å²) in [7, 11) is 1.87. The molecule has 0 saturated heterocycles. The highest BCUT2D eigenvalue weighted by Gasteiger charge is 2.12. The topological polar surface area (TPSA) is 29.9 Å². The summed E-state index contributed by atoms with van der Waals surface area (Å²) < 4.78 is 15.0. The molecule has 1 heterocycles. The van der Waals surface area contributed by atoms with E-state index < -0.39 is 0 Å². The zero-order valence-corrected chi connectivity index (χ0v) is 12.1. The lowest BCUT2D eigenvalue weighted by Crippen LogP contribution is -2.06. The van der Waals surface area contributed by atoms with Crippen molar-refractivity contribution in [3.05, 3.63) is 46.0 Å². The third-order valence-electron chi connectivity index (χ3n) is 3.12. The lowest BCUT2D eigenvalue weighted by atomic mass is 10.2. The van der Waals surface area contributed by atoms with E-state index in [-0.39, 0.29) is 5.82 Å². The number of aryl methyl sites for hydroxylation is 3. The van der Waals surface area contributed by atoms with Gasteiger partial charge in [0.05, 0.1) is 23.0 Å². The summed E-state index contributed by atoms with van der Waals surface area (Å²) in [6, 6.07) is 4.95. The van der Waals surface area contributed by atoms with Gasteiger partial charge >= 0.3 is 0 Å². The van der Waals surface area contributed by atoms with E-state index in [2.05, 4.69) is 10.4 Å². The van der Waals surface area contributed by atoms with Crippen molar-refractivity contribution in [1.82, 2.24) is 9.78 Å². The first-order chi connectivity index (χ1) is 9.02. The minimum absolute atomic E-state index is 0.197. The maximum atomic E-state index is 13.2. The molecule has 5 heteroatoms. The molecule has 1 N–H and O–H groups in total. The van der Waals surface area contributed by atoms with Crippen molar-refractivity contribution in [1.29, 1.82) is 0 Å². The number of hydrogen-bond donors (Lipinski definition) is 1. The number of halogens is 2. The van der Waals surface area contributed by atoms with Crippen molar-refractivity contribution in [3.63, 3.8) is 0 Å². The molecule has 0 aliphatic carbocycles. The van der Waals surface area contributed by atoms with Crippen LogP contribution in [-0.2, 0) is 20.0 Å². The molecule has 0 unspecified atom stereocenters. The molecule has 0 atom stereocenters. The number of nitrogens with zero attached hydrogens (tertiary/aromatic N) is 2. The van der Waals surface area contributed by atoms with Crippen LogP contribution in [0.3, 0.4) is 0 Å². The smallest absolute Gasteiger partial charge is 0.126 e. The largest absolute Gasteiger partial charge is 0.379 e. The summed E-state index contributed by atoms with van der Waals surface area (Å²) in [4.78, 5) is 0. The molecule has 2 aromatic rings. The highest BCUT2D eigenvalue weighted by molar-refractivity contribution is 6.31. The summed E-state index contributed by atoms with van der Waals surface area (Å²) in [5, 5.41) is 8.30. The molecular formula is C14H17ClFN3. The van der Waals surface area contributed by atoms with E-state index >= 15 is 0 Å². The molecule has 2 rings (SSSR count). The second-order valence-corrected chi connectivity index (χ2v) is 4.88. The Kier molecular flexibility index (Phi) is 4.10. The molecule has 0 bridgehead atoms. The van der Waals surface area contributed by atoms with Crippen LogP contribution in [0.5, 0.6) is 0 Å². The van der Waals surface area contributed by atoms with Gasteiger partial charge in [-0.05, 0) is 37.1 Å². The zero-order chi connectivity index (χ0) is 14.0. The van der Waals surface area contributed by atoms with Gasteiger partial charge in [-0.15, -0.1) is 0 Å². The summed E-state index contributed by atoms with van der Waals surface area (Å²) in [6.45, 7) is 4.33. The third kappa shape index (κ3) is 2.89. The highest BCUT2D eigenvalue weighted by atomic mass is 35.5. The summed E-state index contributed by atoms with van der Waals surface area (Å²) in [5.41, 5.74) is 3.32. The van der Waals surface area contributed by atoms with Crippen LogP contribution in [0.4, 0.5) is 10.1 Å². The number of benzene rings is 1. The molecular weight excluding hydrogens is 265 g/mol. The van der Waals surface area contributed by atoms with Gasteiger partial charge in [0.1, 0.15) is 5.82 Å². The summed E-state index contributed by atoms with van der Waals surface area (Å²) in [6.07, 6.45) is 0.808. The van der Waals surface area contributed by atoms with Gasteiger partial charge < -0.3 is 5.32 Å². The number of anilines is 1. The molecule has 0 aliphatic rings. The highest BCUT2D eigenvalue weighted by Crippen LogP contribution is 2.22. The second kappa shape index (κ2) is 5.61. The lowest BCUT2D eigenvalue weighted by molar-refractivity contribution is 0.618. The van der Waals surface area contributed by atoms with E-state index in [4.69, 9.17) is 11.6 Å². The molecule has 3 nitrogen and oxygen atoms in total. The van der Waals surface area contributed by atoms with E-state index in [0.29, 0.717) is 17.1 Å². The van der Waals surface area contributed by atoms with Crippen molar-refractivity contribution in [3.8, 4) is 0 Å². The SMILES string of the molecule is CCc1nn(C)c(CNc2ccc(F)c(C)c2)c1Cl. The third-order valence-corrected chi connectivity index (χ3v) is 3.56. The molecule has 102 valence electrons. The Balaban J connectivity index is 2.14. The second-order valence-electron chi connectivity index (χ2n) is 4.50. The van der Waals surface area contributed by atoms with Crippen molar-refractivity contribution in [2.75, 3.05) is 5.32 Å². The summed E-state index contributed by atoms with van der Waals surface area (Å²) >= 11 is 6.27. The number of nitrogens with one attached hydrogen (secondary N) is 1. The number of hydrogen-bond acceptors (Lipinski definition) is 2. The predicted octanol–water partition coefficient (Wildman–Crippen LogP) is 3.70. The fourth-order valence-corrected chi connectivity index (χ4v) is 2.31. The van der Waals surface area contributed by atoms with Gasteiger partial charge in [0, 0.05) is 12.7 Å². The zero-order valence-electron chi connectivity index (χ0n) is 11.3. The van der Waals surface area contributed by atoms with Crippen molar-refractivity contribution < 1.29 is 4.39 Å². The van der Waals surface area contributed by atoms with Gasteiger partial charge in [-0.1, -0.05) is 18.5 Å². The molecule has 0 fully saturated rings. The van der Waals surface area contributed by atoms with Crippen LogP contribution in [0, 0.1) is 12.7 Å². The van der Waals surface area contributed by atoms with Gasteiger partial charge in [-0.2, -0.15) is 5.10 Å². The Morgan fingerprint density at radius 3 is 2.74 bits per heavy atom. The fraction of sp³-hybridized carbons (Fsp3) is 0.357. The van der Waals surface area contributed by atoms with Crippen molar-refractivity contribution in [2.24, 2.45) is 7.05 Å². The van der Waals surface area contributed by atoms with Crippen LogP contribution in [0.25, 0.3) is 0 Å². The average molecular weight is 282 g/mol. The normalized spacial score (nSPS) is 10.8. The Morgan fingerprint density at radius 2 is 2.16 bits per heavy atom. The molecule has 19 heavy (non-hydrogen) atoms. The van der Waals surface area contributed by atoms with Gasteiger partial charge in [-0.25, -0.2) is 4.39 Å². The number of rotatable bonds is 4. The van der Waals surface area contributed by atoms with Gasteiger partial charge in [0.15, 0.2) is 0 Å². The molecule has 0 amide bonds. The lowest BCUT2D eigenvalue weighted by Gasteiger charge is -2.08. The maximum absolute atomic E-state index is 13.2. The Labute approximate surface area is 117 Å². The first-order valence-electron chi connectivity index (χ1n) is 6.23. The van der Waals surface area contributed by atoms with Crippen LogP contribution < -0.4 is 5.32 Å². The van der Waals surface area contributed by atoms with Gasteiger partial charge in [0.2, 0.25) is 0 Å². The quantitative estimate of drug-likeness (QED) is 0.926. The van der Waals surface area contributed by atoms with Crippen molar-refractivity contribution in [2.45, 2.75) is 26.8 Å². The molecule has 0 aliphatic heterocycles. The average Bonchev–Trinajstić information content (AvgIpc) is 2.66. The monoisotopic (exact) mass is 281 g/mol. The van der Waals surface area contributed by atoms with Crippen LogP contribution in [0.2, 0.25) is 5.02 Å². The van der Waals surface area contributed by atoms with Gasteiger partial charge in [0.25, 0.3) is 0 Å². The fourth-order valence-electron chi connectivity index (χ4n) is 1.95. The first kappa shape index (κ1) is 13.9.